The first kappa shape index (κ1) is 28.1. The van der Waals surface area contributed by atoms with Crippen molar-refractivity contribution in [3.63, 3.8) is 0 Å². The molecule has 1 aliphatic rings. The minimum absolute atomic E-state index is 0.176. The van der Waals surface area contributed by atoms with Crippen LogP contribution in [0.1, 0.15) is 36.1 Å². The van der Waals surface area contributed by atoms with E-state index in [1.54, 1.807) is 36.4 Å². The Labute approximate surface area is 234 Å². The van der Waals surface area contributed by atoms with Crippen LogP contribution in [0, 0.1) is 11.3 Å². The number of aliphatic hydroxyl groups excluding tert-OH is 1. The number of amides is 1. The molecule has 1 atom stereocenters. The van der Waals surface area contributed by atoms with E-state index in [0.717, 1.165) is 17.8 Å². The van der Waals surface area contributed by atoms with E-state index in [4.69, 9.17) is 4.42 Å². The van der Waals surface area contributed by atoms with E-state index < -0.39 is 17.8 Å². The normalized spacial score (nSPS) is 15.1. The van der Waals surface area contributed by atoms with Gasteiger partial charge in [0.05, 0.1) is 29.8 Å². The SMILES string of the molecule is CCC(O)c1cc(C#N)cc2nc(-c3ccc(NC(=O)CN4CCN(c5ccc(C(F)(F)F)cc5)CC4)cc3)oc12. The number of oxazole rings is 1. The van der Waals surface area contributed by atoms with E-state index >= 15 is 0 Å². The van der Waals surface area contributed by atoms with Gasteiger partial charge < -0.3 is 19.7 Å². The first-order valence-corrected chi connectivity index (χ1v) is 13.2. The fourth-order valence-electron chi connectivity index (χ4n) is 4.84. The van der Waals surface area contributed by atoms with Crippen LogP contribution in [-0.2, 0) is 11.0 Å². The van der Waals surface area contributed by atoms with Gasteiger partial charge in [0, 0.05) is 48.7 Å². The molecular formula is C30H28F3N5O3. The highest BCUT2D eigenvalue weighted by atomic mass is 19.4. The van der Waals surface area contributed by atoms with Gasteiger partial charge in [0.2, 0.25) is 11.8 Å². The van der Waals surface area contributed by atoms with Crippen molar-refractivity contribution < 1.29 is 27.5 Å². The van der Waals surface area contributed by atoms with Crippen molar-refractivity contribution >= 4 is 28.4 Å². The number of aliphatic hydroxyl groups is 1. The van der Waals surface area contributed by atoms with E-state index in [1.165, 1.54) is 12.1 Å². The minimum Gasteiger partial charge on any atom is -0.436 e. The summed E-state index contributed by atoms with van der Waals surface area (Å²) in [4.78, 5) is 21.2. The van der Waals surface area contributed by atoms with Crippen LogP contribution in [0.15, 0.2) is 65.1 Å². The summed E-state index contributed by atoms with van der Waals surface area (Å²) in [5.41, 5.74) is 3.16. The second-order valence-corrected chi connectivity index (χ2v) is 9.90. The molecule has 3 aromatic carbocycles. The third kappa shape index (κ3) is 6.34. The molecule has 11 heteroatoms. The third-order valence-corrected chi connectivity index (χ3v) is 7.11. The number of benzene rings is 3. The Morgan fingerprint density at radius 3 is 2.39 bits per heavy atom. The van der Waals surface area contributed by atoms with Gasteiger partial charge in [-0.05, 0) is 67.1 Å². The Bertz CT molecular complexity index is 1570. The summed E-state index contributed by atoms with van der Waals surface area (Å²) in [5.74, 6) is 0.160. The maximum absolute atomic E-state index is 12.8. The summed E-state index contributed by atoms with van der Waals surface area (Å²) in [6, 6.07) is 17.5. The molecule has 0 bridgehead atoms. The molecule has 0 saturated carbocycles. The Balaban J connectivity index is 1.17. The van der Waals surface area contributed by atoms with Crippen molar-refractivity contribution in [2.24, 2.45) is 0 Å². The Hall–Kier alpha value is -4.40. The van der Waals surface area contributed by atoms with Gasteiger partial charge in [0.1, 0.15) is 5.52 Å². The molecule has 2 N–H and O–H groups in total. The van der Waals surface area contributed by atoms with Crippen molar-refractivity contribution in [2.75, 3.05) is 42.9 Å². The second kappa shape index (κ2) is 11.6. The molecule has 1 saturated heterocycles. The number of aromatic nitrogens is 1. The van der Waals surface area contributed by atoms with Crippen LogP contribution in [0.5, 0.6) is 0 Å². The molecule has 1 fully saturated rings. The number of anilines is 2. The van der Waals surface area contributed by atoms with Gasteiger partial charge in [0.15, 0.2) is 5.58 Å². The fraction of sp³-hybridized carbons (Fsp3) is 0.300. The van der Waals surface area contributed by atoms with Crippen molar-refractivity contribution in [2.45, 2.75) is 25.6 Å². The van der Waals surface area contributed by atoms with Crippen molar-refractivity contribution in [3.05, 3.63) is 77.4 Å². The van der Waals surface area contributed by atoms with Crippen LogP contribution in [-0.4, -0.2) is 53.6 Å². The van der Waals surface area contributed by atoms with Gasteiger partial charge in [-0.3, -0.25) is 9.69 Å². The number of nitrogens with zero attached hydrogens (tertiary/aromatic N) is 4. The number of hydrogen-bond donors (Lipinski definition) is 2. The van der Waals surface area contributed by atoms with E-state index in [0.29, 0.717) is 72.0 Å². The number of alkyl halides is 3. The number of piperazine rings is 1. The van der Waals surface area contributed by atoms with E-state index in [2.05, 4.69) is 16.4 Å². The molecule has 0 aliphatic carbocycles. The van der Waals surface area contributed by atoms with E-state index in [1.807, 2.05) is 16.7 Å². The zero-order valence-corrected chi connectivity index (χ0v) is 22.3. The van der Waals surface area contributed by atoms with Gasteiger partial charge in [-0.15, -0.1) is 0 Å². The topological polar surface area (TPSA) is 106 Å². The largest absolute Gasteiger partial charge is 0.436 e. The summed E-state index contributed by atoms with van der Waals surface area (Å²) < 4.78 is 44.4. The molecular weight excluding hydrogens is 535 g/mol. The van der Waals surface area contributed by atoms with Crippen LogP contribution in [0.3, 0.4) is 0 Å². The monoisotopic (exact) mass is 563 g/mol. The summed E-state index contributed by atoms with van der Waals surface area (Å²) in [7, 11) is 0. The van der Waals surface area contributed by atoms with Gasteiger partial charge >= 0.3 is 6.18 Å². The molecule has 4 aromatic rings. The number of carbonyl (C=O) groups excluding carboxylic acids is 1. The minimum atomic E-state index is -4.36. The Morgan fingerprint density at radius 2 is 1.78 bits per heavy atom. The van der Waals surface area contributed by atoms with E-state index in [-0.39, 0.29) is 12.5 Å². The number of rotatable bonds is 7. The lowest BCUT2D eigenvalue weighted by Crippen LogP contribution is -2.48. The quantitative estimate of drug-likeness (QED) is 0.302. The Morgan fingerprint density at radius 1 is 1.10 bits per heavy atom. The average Bonchev–Trinajstić information content (AvgIpc) is 3.41. The van der Waals surface area contributed by atoms with Crippen LogP contribution < -0.4 is 10.2 Å². The lowest BCUT2D eigenvalue weighted by molar-refractivity contribution is -0.137. The van der Waals surface area contributed by atoms with Crippen molar-refractivity contribution in [3.8, 4) is 17.5 Å². The molecule has 2 heterocycles. The average molecular weight is 564 g/mol. The van der Waals surface area contributed by atoms with Gasteiger partial charge in [-0.1, -0.05) is 6.92 Å². The standard InChI is InChI=1S/C30H28F3N5O3/c1-2-26(39)24-15-19(17-34)16-25-28(24)41-29(36-25)20-3-7-22(8-4-20)35-27(40)18-37-11-13-38(14-12-37)23-9-5-21(6-10-23)30(31,32)33/h3-10,15-16,26,39H,2,11-14,18H2,1H3,(H,35,40). The lowest BCUT2D eigenvalue weighted by Gasteiger charge is -2.35. The maximum Gasteiger partial charge on any atom is 0.416 e. The second-order valence-electron chi connectivity index (χ2n) is 9.90. The Kier molecular flexibility index (Phi) is 7.97. The fourth-order valence-corrected chi connectivity index (χ4v) is 4.84. The van der Waals surface area contributed by atoms with Crippen molar-refractivity contribution in [1.82, 2.24) is 9.88 Å². The van der Waals surface area contributed by atoms with Gasteiger partial charge in [0.25, 0.3) is 0 Å². The smallest absolute Gasteiger partial charge is 0.416 e. The predicted molar refractivity (Wildman–Crippen MR) is 148 cm³/mol. The van der Waals surface area contributed by atoms with Crippen LogP contribution in [0.2, 0.25) is 0 Å². The highest BCUT2D eigenvalue weighted by molar-refractivity contribution is 5.92. The molecule has 1 aliphatic heterocycles. The summed E-state index contributed by atoms with van der Waals surface area (Å²) >= 11 is 0. The lowest BCUT2D eigenvalue weighted by atomic mass is 10.0. The van der Waals surface area contributed by atoms with E-state index in [9.17, 15) is 28.3 Å². The molecule has 5 rings (SSSR count). The molecule has 212 valence electrons. The first-order valence-electron chi connectivity index (χ1n) is 13.2. The summed E-state index contributed by atoms with van der Waals surface area (Å²) in [6.07, 6.45) is -4.68. The zero-order chi connectivity index (χ0) is 29.1. The highest BCUT2D eigenvalue weighted by Gasteiger charge is 2.30. The third-order valence-electron chi connectivity index (χ3n) is 7.11. The molecule has 8 nitrogen and oxygen atoms in total. The van der Waals surface area contributed by atoms with Crippen LogP contribution >= 0.6 is 0 Å². The molecule has 1 aromatic heterocycles. The molecule has 0 spiro atoms. The van der Waals surface area contributed by atoms with Gasteiger partial charge in [-0.2, -0.15) is 18.4 Å². The molecule has 41 heavy (non-hydrogen) atoms. The summed E-state index contributed by atoms with van der Waals surface area (Å²) in [5, 5.41) is 22.6. The number of fused-ring (bicyclic) bond motifs is 1. The molecule has 0 radical (unpaired) electrons. The number of carbonyl (C=O) groups is 1. The van der Waals surface area contributed by atoms with Crippen molar-refractivity contribution in [1.29, 1.82) is 5.26 Å². The number of nitriles is 1. The highest BCUT2D eigenvalue weighted by Crippen LogP contribution is 2.33. The number of hydrogen-bond acceptors (Lipinski definition) is 7. The predicted octanol–water partition coefficient (Wildman–Crippen LogP) is 5.59. The van der Waals surface area contributed by atoms with Gasteiger partial charge in [-0.25, -0.2) is 4.98 Å². The maximum atomic E-state index is 12.8. The number of nitrogens with one attached hydrogen (secondary N) is 1. The van der Waals surface area contributed by atoms with Crippen LogP contribution in [0.4, 0.5) is 24.5 Å². The number of halogens is 3. The summed E-state index contributed by atoms with van der Waals surface area (Å²) in [6.45, 7) is 4.44. The first-order chi connectivity index (χ1) is 19.6. The molecule has 1 unspecified atom stereocenters. The zero-order valence-electron chi connectivity index (χ0n) is 22.3. The van der Waals surface area contributed by atoms with Crippen LogP contribution in [0.25, 0.3) is 22.6 Å². The molecule has 1 amide bonds.